The average Bonchev–Trinajstić information content (AvgIpc) is 2.30. The molecule has 0 radical (unpaired) electrons. The van der Waals surface area contributed by atoms with E-state index in [0.717, 1.165) is 12.1 Å². The molecule has 0 amide bonds. The predicted molar refractivity (Wildman–Crippen MR) is 71.1 cm³/mol. The van der Waals surface area contributed by atoms with E-state index in [4.69, 9.17) is 6.42 Å². The van der Waals surface area contributed by atoms with Gasteiger partial charge in [-0.15, -0.1) is 6.42 Å². The summed E-state index contributed by atoms with van der Waals surface area (Å²) >= 11 is 0. The van der Waals surface area contributed by atoms with Crippen molar-refractivity contribution in [3.8, 4) is 12.3 Å². The Morgan fingerprint density at radius 3 is 2.44 bits per heavy atom. The first-order chi connectivity index (χ1) is 7.69. The molecule has 0 unspecified atom stereocenters. The van der Waals surface area contributed by atoms with Crippen LogP contribution in [0.4, 0.5) is 0 Å². The number of terminal acetylenes is 1. The predicted octanol–water partition coefficient (Wildman–Crippen LogP) is 2.93. The second kappa shape index (κ2) is 6.15. The van der Waals surface area contributed by atoms with E-state index >= 15 is 0 Å². The van der Waals surface area contributed by atoms with Crippen LogP contribution < -0.4 is 5.32 Å². The number of hydrogen-bond acceptors (Lipinski definition) is 1. The van der Waals surface area contributed by atoms with Crippen LogP contribution in [0.2, 0.25) is 0 Å². The molecule has 0 aliphatic rings. The van der Waals surface area contributed by atoms with E-state index in [1.54, 1.807) is 0 Å². The molecule has 1 heteroatoms. The van der Waals surface area contributed by atoms with Crippen molar-refractivity contribution in [1.29, 1.82) is 0 Å². The topological polar surface area (TPSA) is 12.0 Å². The Hall–Kier alpha value is -1.52. The van der Waals surface area contributed by atoms with Crippen molar-refractivity contribution < 1.29 is 0 Å². The third kappa shape index (κ3) is 3.25. The molecule has 0 saturated carbocycles. The molecule has 0 aliphatic carbocycles. The van der Waals surface area contributed by atoms with Gasteiger partial charge in [0.25, 0.3) is 0 Å². The third-order valence-electron chi connectivity index (χ3n) is 2.53. The van der Waals surface area contributed by atoms with Gasteiger partial charge in [0.05, 0.1) is 0 Å². The van der Waals surface area contributed by atoms with Crippen LogP contribution in [0.3, 0.4) is 0 Å². The van der Waals surface area contributed by atoms with Gasteiger partial charge >= 0.3 is 0 Å². The van der Waals surface area contributed by atoms with Crippen LogP contribution in [-0.4, -0.2) is 13.6 Å². The third-order valence-corrected chi connectivity index (χ3v) is 2.53. The zero-order valence-electron chi connectivity index (χ0n) is 10.2. The first kappa shape index (κ1) is 12.5. The standard InChI is InChI=1S/C15H19N/c1-5-13-6-8-14(9-7-13)15(12(2)3)10-11-16-4/h1,6-10,12,16H,11H2,2-4H3/b15-10+. The first-order valence-electron chi connectivity index (χ1n) is 5.60. The fourth-order valence-electron chi connectivity index (χ4n) is 1.66. The van der Waals surface area contributed by atoms with Crippen molar-refractivity contribution in [2.75, 3.05) is 13.6 Å². The van der Waals surface area contributed by atoms with Crippen molar-refractivity contribution in [1.82, 2.24) is 5.32 Å². The fraction of sp³-hybridized carbons (Fsp3) is 0.333. The van der Waals surface area contributed by atoms with E-state index in [-0.39, 0.29) is 0 Å². The Kier molecular flexibility index (Phi) is 4.82. The average molecular weight is 213 g/mol. The molecule has 0 aliphatic heterocycles. The number of allylic oxidation sites excluding steroid dienone is 1. The summed E-state index contributed by atoms with van der Waals surface area (Å²) in [5.41, 5.74) is 3.54. The van der Waals surface area contributed by atoms with E-state index in [1.165, 1.54) is 11.1 Å². The highest BCUT2D eigenvalue weighted by Gasteiger charge is 2.05. The van der Waals surface area contributed by atoms with Gasteiger partial charge in [-0.1, -0.05) is 38.0 Å². The first-order valence-corrected chi connectivity index (χ1v) is 5.60. The SMILES string of the molecule is C#Cc1ccc(/C(=C/CNC)C(C)C)cc1. The van der Waals surface area contributed by atoms with Crippen molar-refractivity contribution in [2.24, 2.45) is 5.92 Å². The normalized spacial score (nSPS) is 11.6. The Bertz CT molecular complexity index is 390. The van der Waals surface area contributed by atoms with Crippen molar-refractivity contribution >= 4 is 5.57 Å². The van der Waals surface area contributed by atoms with Crippen molar-refractivity contribution in [3.05, 3.63) is 41.5 Å². The van der Waals surface area contributed by atoms with Crippen LogP contribution in [0.5, 0.6) is 0 Å². The highest BCUT2D eigenvalue weighted by atomic mass is 14.8. The van der Waals surface area contributed by atoms with Gasteiger partial charge in [0, 0.05) is 12.1 Å². The highest BCUT2D eigenvalue weighted by Crippen LogP contribution is 2.22. The lowest BCUT2D eigenvalue weighted by atomic mass is 9.94. The number of nitrogens with one attached hydrogen (secondary N) is 1. The Labute approximate surface area is 98.6 Å². The molecule has 0 saturated heterocycles. The number of likely N-dealkylation sites (N-methyl/N-ethyl adjacent to an activating group) is 1. The molecule has 1 aromatic carbocycles. The van der Waals surface area contributed by atoms with Crippen LogP contribution in [0.15, 0.2) is 30.3 Å². The van der Waals surface area contributed by atoms with Gasteiger partial charge < -0.3 is 5.32 Å². The van der Waals surface area contributed by atoms with E-state index in [9.17, 15) is 0 Å². The number of benzene rings is 1. The summed E-state index contributed by atoms with van der Waals surface area (Å²) in [6, 6.07) is 8.17. The monoisotopic (exact) mass is 213 g/mol. The fourth-order valence-corrected chi connectivity index (χ4v) is 1.66. The molecular formula is C15H19N. The van der Waals surface area contributed by atoms with Gasteiger partial charge in [0.1, 0.15) is 0 Å². The lowest BCUT2D eigenvalue weighted by Crippen LogP contribution is -2.06. The maximum atomic E-state index is 5.34. The Balaban J connectivity index is 2.98. The summed E-state index contributed by atoms with van der Waals surface area (Å²) in [4.78, 5) is 0. The minimum Gasteiger partial charge on any atom is -0.316 e. The Morgan fingerprint density at radius 1 is 1.38 bits per heavy atom. The number of rotatable bonds is 4. The minimum absolute atomic E-state index is 0.519. The molecule has 1 aromatic rings. The summed E-state index contributed by atoms with van der Waals surface area (Å²) in [6.45, 7) is 5.30. The summed E-state index contributed by atoms with van der Waals surface area (Å²) in [6.07, 6.45) is 7.57. The zero-order chi connectivity index (χ0) is 12.0. The molecule has 16 heavy (non-hydrogen) atoms. The minimum atomic E-state index is 0.519. The lowest BCUT2D eigenvalue weighted by Gasteiger charge is -2.12. The molecule has 0 bridgehead atoms. The second-order valence-corrected chi connectivity index (χ2v) is 4.09. The summed E-state index contributed by atoms with van der Waals surface area (Å²) in [5.74, 6) is 3.15. The van der Waals surface area contributed by atoms with Gasteiger partial charge in [-0.3, -0.25) is 0 Å². The largest absolute Gasteiger partial charge is 0.316 e. The van der Waals surface area contributed by atoms with E-state index in [0.29, 0.717) is 5.92 Å². The molecule has 1 nitrogen and oxygen atoms in total. The Morgan fingerprint density at radius 2 is 2.00 bits per heavy atom. The zero-order valence-corrected chi connectivity index (χ0v) is 10.2. The quantitative estimate of drug-likeness (QED) is 0.758. The van der Waals surface area contributed by atoms with Crippen LogP contribution in [-0.2, 0) is 0 Å². The molecule has 1 rings (SSSR count). The van der Waals surface area contributed by atoms with E-state index < -0.39 is 0 Å². The van der Waals surface area contributed by atoms with E-state index in [1.807, 2.05) is 19.2 Å². The highest BCUT2D eigenvalue weighted by molar-refractivity contribution is 5.67. The molecular weight excluding hydrogens is 194 g/mol. The van der Waals surface area contributed by atoms with Crippen LogP contribution in [0.25, 0.3) is 5.57 Å². The van der Waals surface area contributed by atoms with Gasteiger partial charge in [-0.2, -0.15) is 0 Å². The maximum absolute atomic E-state index is 5.34. The summed E-state index contributed by atoms with van der Waals surface area (Å²) < 4.78 is 0. The van der Waals surface area contributed by atoms with Gasteiger partial charge in [0.15, 0.2) is 0 Å². The molecule has 0 spiro atoms. The lowest BCUT2D eigenvalue weighted by molar-refractivity contribution is 0.841. The molecule has 0 heterocycles. The van der Waals surface area contributed by atoms with E-state index in [2.05, 4.69) is 43.3 Å². The summed E-state index contributed by atoms with van der Waals surface area (Å²) in [5, 5.41) is 3.14. The van der Waals surface area contributed by atoms with Crippen molar-refractivity contribution in [3.63, 3.8) is 0 Å². The molecule has 1 N–H and O–H groups in total. The maximum Gasteiger partial charge on any atom is 0.0243 e. The molecule has 84 valence electrons. The summed E-state index contributed by atoms with van der Waals surface area (Å²) in [7, 11) is 1.95. The van der Waals surface area contributed by atoms with Gasteiger partial charge in [0.2, 0.25) is 0 Å². The van der Waals surface area contributed by atoms with Gasteiger partial charge in [-0.05, 0) is 36.2 Å². The molecule has 0 fully saturated rings. The van der Waals surface area contributed by atoms with Crippen LogP contribution in [0.1, 0.15) is 25.0 Å². The smallest absolute Gasteiger partial charge is 0.0243 e. The molecule has 0 aromatic heterocycles. The van der Waals surface area contributed by atoms with Crippen LogP contribution >= 0.6 is 0 Å². The molecule has 0 atom stereocenters. The number of hydrogen-bond donors (Lipinski definition) is 1. The van der Waals surface area contributed by atoms with Crippen LogP contribution in [0, 0.1) is 18.3 Å². The second-order valence-electron chi connectivity index (χ2n) is 4.09. The van der Waals surface area contributed by atoms with Gasteiger partial charge in [-0.25, -0.2) is 0 Å². The van der Waals surface area contributed by atoms with Crippen molar-refractivity contribution in [2.45, 2.75) is 13.8 Å².